The van der Waals surface area contributed by atoms with E-state index in [2.05, 4.69) is 26.3 Å². The molecular formula is C58H58N12O13S6. The average Bonchev–Trinajstić information content (AvgIpc) is 2.72. The molecule has 2 aliphatic rings. The highest BCUT2D eigenvalue weighted by molar-refractivity contribution is 7.15. The van der Waals surface area contributed by atoms with Gasteiger partial charge in [-0.1, -0.05) is 44.2 Å². The first-order valence-electron chi connectivity index (χ1n) is 27.8. The standard InChI is InChI=1S/C58H58N12O13S6/c1-26(2)32-17-38(71)44-27(3)88-55(68-44)34(18-41(72)59-4)62-49(77)36-23-84-51(64-36)31-15-16-33(53-66-40(25-87-53)70(20-43(74)75)58(81)83-30-13-11-29(12-14-30)57(79)80)61-45(31)35-22-85-54(63-35)37-24-86-56(65-37)47(48(76)28-9-7-6-8-10-28)67-42(73)19-60-50(78)46-39(21-82-5)89-52(32)69-46/h6-10,15-16,22-26,29-30,32,34,47-48,76H,11-14,17-21H2,1-5H3,(H,59,72)(H,60,78)(H,62,77)(H,67,73)(H,74,75)(H,79,80)/t29?,30?,32?,34-,47-,48-/m0/s1. The van der Waals surface area contributed by atoms with Gasteiger partial charge in [0.1, 0.15) is 89.8 Å². The van der Waals surface area contributed by atoms with E-state index in [9.17, 15) is 53.7 Å². The Labute approximate surface area is 532 Å². The Balaban J connectivity index is 1.04. The first-order chi connectivity index (χ1) is 42.7. The van der Waals surface area contributed by atoms with Crippen molar-refractivity contribution in [3.05, 3.63) is 111 Å². The number of fused-ring (bicyclic) bond motifs is 14. The highest BCUT2D eigenvalue weighted by Crippen LogP contribution is 2.41. The Morgan fingerprint density at radius 1 is 0.730 bits per heavy atom. The van der Waals surface area contributed by atoms with Crippen LogP contribution in [0.2, 0.25) is 0 Å². The molecule has 25 nitrogen and oxygen atoms in total. The van der Waals surface area contributed by atoms with Crippen molar-refractivity contribution in [2.24, 2.45) is 11.8 Å². The van der Waals surface area contributed by atoms with Gasteiger partial charge in [0, 0.05) is 58.5 Å². The summed E-state index contributed by atoms with van der Waals surface area (Å²) in [5.74, 6) is -6.24. The third-order valence-electron chi connectivity index (χ3n) is 14.7. The molecule has 1 aliphatic carbocycles. The lowest BCUT2D eigenvalue weighted by molar-refractivity contribution is -0.143. The number of pyridine rings is 1. The quantitative estimate of drug-likeness (QED) is 0.0566. The number of ketones is 1. The van der Waals surface area contributed by atoms with Crippen LogP contribution in [0.1, 0.15) is 138 Å². The molecule has 8 aromatic rings. The molecule has 8 heterocycles. The maximum absolute atomic E-state index is 14.4. The lowest BCUT2D eigenvalue weighted by atomic mass is 9.87. The number of aromatic nitrogens is 7. The van der Waals surface area contributed by atoms with Gasteiger partial charge in [-0.05, 0) is 56.2 Å². The zero-order valence-electron chi connectivity index (χ0n) is 48.2. The maximum atomic E-state index is 14.4. The third kappa shape index (κ3) is 14.8. The van der Waals surface area contributed by atoms with Gasteiger partial charge in [0.25, 0.3) is 11.8 Å². The highest BCUT2D eigenvalue weighted by Gasteiger charge is 2.35. The number of nitrogens with zero attached hydrogens (tertiary/aromatic N) is 8. The Kier molecular flexibility index (Phi) is 20.2. The van der Waals surface area contributed by atoms with E-state index in [1.54, 1.807) is 65.5 Å². The van der Waals surface area contributed by atoms with E-state index in [-0.39, 0.29) is 83.3 Å². The van der Waals surface area contributed by atoms with Gasteiger partial charge in [-0.3, -0.25) is 33.6 Å². The molecule has 1 aromatic carbocycles. The van der Waals surface area contributed by atoms with Crippen LogP contribution < -0.4 is 26.2 Å². The molecule has 10 bridgehead atoms. The number of aryl methyl sites for hydroxylation is 1. The van der Waals surface area contributed by atoms with Crippen molar-refractivity contribution < 1.29 is 63.1 Å². The summed E-state index contributed by atoms with van der Waals surface area (Å²) in [5.41, 5.74) is 2.30. The summed E-state index contributed by atoms with van der Waals surface area (Å²) in [4.78, 5) is 143. The molecule has 1 unspecified atom stereocenters. The van der Waals surface area contributed by atoms with Crippen molar-refractivity contribution >= 4 is 121 Å². The maximum Gasteiger partial charge on any atom is 0.416 e. The number of nitrogens with one attached hydrogen (secondary N) is 4. The second kappa shape index (κ2) is 28.1. The van der Waals surface area contributed by atoms with Crippen LogP contribution >= 0.6 is 68.0 Å². The van der Waals surface area contributed by atoms with E-state index in [1.807, 2.05) is 13.8 Å². The predicted octanol–water partition coefficient (Wildman–Crippen LogP) is 8.87. The summed E-state index contributed by atoms with van der Waals surface area (Å²) in [7, 11) is 2.93. The number of hydrogen-bond donors (Lipinski definition) is 7. The highest BCUT2D eigenvalue weighted by atomic mass is 32.1. The average molecular weight is 1320 g/mol. The molecule has 464 valence electrons. The fraction of sp³-hybridized carbons (Fsp3) is 0.362. The number of carbonyl (C=O) groups excluding carboxylic acids is 6. The first-order valence-corrected chi connectivity index (χ1v) is 33.0. The minimum Gasteiger partial charge on any atom is -0.481 e. The Morgan fingerprint density at radius 3 is 2.15 bits per heavy atom. The molecule has 7 aromatic heterocycles. The summed E-state index contributed by atoms with van der Waals surface area (Å²) in [6, 6.07) is 9.91. The van der Waals surface area contributed by atoms with Crippen molar-refractivity contribution in [2.45, 2.75) is 96.1 Å². The Hall–Kier alpha value is -8.17. The van der Waals surface area contributed by atoms with E-state index in [0.29, 0.717) is 70.1 Å². The smallest absolute Gasteiger partial charge is 0.416 e. The fourth-order valence-corrected chi connectivity index (χ4v) is 15.6. The van der Waals surface area contributed by atoms with E-state index in [1.165, 1.54) is 42.2 Å². The van der Waals surface area contributed by atoms with Crippen molar-refractivity contribution in [3.63, 3.8) is 0 Å². The lowest BCUT2D eigenvalue weighted by Gasteiger charge is -2.28. The monoisotopic (exact) mass is 1320 g/mol. The molecule has 1 aliphatic heterocycles. The summed E-state index contributed by atoms with van der Waals surface area (Å²) < 4.78 is 11.2. The Morgan fingerprint density at radius 2 is 1.43 bits per heavy atom. The van der Waals surface area contributed by atoms with Crippen LogP contribution in [-0.2, 0) is 35.3 Å². The van der Waals surface area contributed by atoms with Crippen LogP contribution in [0.25, 0.3) is 43.4 Å². The van der Waals surface area contributed by atoms with Gasteiger partial charge in [0.2, 0.25) is 11.8 Å². The predicted molar refractivity (Wildman–Crippen MR) is 333 cm³/mol. The lowest BCUT2D eigenvalue weighted by Crippen LogP contribution is -2.40. The van der Waals surface area contributed by atoms with Gasteiger partial charge in [-0.25, -0.2) is 44.6 Å². The summed E-state index contributed by atoms with van der Waals surface area (Å²) in [6.45, 7) is 4.28. The van der Waals surface area contributed by atoms with E-state index in [0.717, 1.165) is 50.2 Å². The van der Waals surface area contributed by atoms with Gasteiger partial charge in [0.05, 0.1) is 47.1 Å². The summed E-state index contributed by atoms with van der Waals surface area (Å²) in [5, 5.41) is 51.0. The molecule has 89 heavy (non-hydrogen) atoms. The van der Waals surface area contributed by atoms with Crippen LogP contribution in [0.5, 0.6) is 0 Å². The molecule has 4 atom stereocenters. The SMILES string of the molecule is CNC(=O)C[C@@H]1NC(=O)c2csc(n2)-c2ccc(-c3nc(N(CC(=O)O)C(=O)OC4CCC(C(=O)O)CC4)cs3)nc2-c2csc(n2)-c2csc(n2)[C@H]([C@@H](O)c2ccccc2)NC(=O)CNC(=O)c2nc(sc2COC)C(C(C)C)CC(=O)c2nc1sc2C. The molecule has 0 radical (unpaired) electrons. The summed E-state index contributed by atoms with van der Waals surface area (Å²) >= 11 is 6.94. The number of anilines is 1. The molecule has 31 heteroatoms. The van der Waals surface area contributed by atoms with Crippen LogP contribution in [0.4, 0.5) is 10.6 Å². The van der Waals surface area contributed by atoms with Crippen LogP contribution in [0.3, 0.4) is 0 Å². The van der Waals surface area contributed by atoms with Gasteiger partial charge in [0.15, 0.2) is 5.78 Å². The number of hydrogen-bond acceptors (Lipinski definition) is 24. The fourth-order valence-electron chi connectivity index (χ4n) is 9.96. The normalized spacial score (nSPS) is 18.7. The number of aliphatic hydroxyl groups is 1. The molecule has 10 rings (SSSR count). The minimum atomic E-state index is -1.34. The van der Waals surface area contributed by atoms with Crippen LogP contribution in [0, 0.1) is 18.8 Å². The summed E-state index contributed by atoms with van der Waals surface area (Å²) in [6.07, 6.45) is -2.03. The second-order valence-corrected chi connectivity index (χ2v) is 26.9. The van der Waals surface area contributed by atoms with Crippen LogP contribution in [-0.4, -0.2) is 131 Å². The van der Waals surface area contributed by atoms with Gasteiger partial charge in [-0.15, -0.1) is 68.0 Å². The topological polar surface area (TPSA) is 357 Å². The zero-order valence-corrected chi connectivity index (χ0v) is 53.1. The number of Topliss-reactive ketones (excluding diaryl/α,β-unsaturated/α-hetero) is 1. The van der Waals surface area contributed by atoms with Crippen molar-refractivity contribution in [3.8, 4) is 43.4 Å². The third-order valence-corrected chi connectivity index (χ3v) is 20.4. The van der Waals surface area contributed by atoms with Crippen LogP contribution in [0.15, 0.2) is 64.0 Å². The number of ether oxygens (including phenoxy) is 2. The molecule has 7 N–H and O–H groups in total. The van der Waals surface area contributed by atoms with E-state index < -0.39 is 90.9 Å². The Bertz CT molecular complexity index is 3960. The minimum absolute atomic E-state index is 0.0105. The first kappa shape index (κ1) is 63.8. The number of benzene rings is 1. The van der Waals surface area contributed by atoms with E-state index >= 15 is 0 Å². The number of amides is 5. The van der Waals surface area contributed by atoms with Gasteiger partial charge < -0.3 is 46.1 Å². The number of aliphatic carboxylic acids is 2. The van der Waals surface area contributed by atoms with Gasteiger partial charge >= 0.3 is 18.0 Å². The molecule has 5 amide bonds. The van der Waals surface area contributed by atoms with E-state index in [4.69, 9.17) is 39.4 Å². The number of carbonyl (C=O) groups is 8. The largest absolute Gasteiger partial charge is 0.481 e. The molecule has 0 saturated heterocycles. The molecule has 1 fully saturated rings. The number of carboxylic acid groups (broad SMARTS) is 2. The van der Waals surface area contributed by atoms with Crippen molar-refractivity contribution in [1.82, 2.24) is 56.2 Å². The van der Waals surface area contributed by atoms with Crippen molar-refractivity contribution in [2.75, 3.05) is 32.1 Å². The zero-order chi connectivity index (χ0) is 63.2. The number of rotatable bonds is 13. The van der Waals surface area contributed by atoms with Crippen molar-refractivity contribution in [1.29, 1.82) is 0 Å². The number of thiazole rings is 6. The molecular weight excluding hydrogens is 1270 g/mol. The molecule has 0 spiro atoms. The number of methoxy groups -OCH3 is 1. The number of aliphatic hydroxyl groups excluding tert-OH is 1. The van der Waals surface area contributed by atoms with Gasteiger partial charge in [-0.2, -0.15) is 0 Å². The second-order valence-electron chi connectivity index (χ2n) is 21.1. The molecule has 1 saturated carbocycles. The number of carboxylic acids is 2.